The highest BCUT2D eigenvalue weighted by Gasteiger charge is 2.29. The second kappa shape index (κ2) is 4.97. The molecule has 2 aliphatic carbocycles. The fraction of sp³-hybridized carbons (Fsp3) is 0.846. The summed E-state index contributed by atoms with van der Waals surface area (Å²) >= 11 is 6.10. The van der Waals surface area contributed by atoms with Gasteiger partial charge in [-0.05, 0) is 43.2 Å². The first kappa shape index (κ1) is 11.5. The maximum atomic E-state index is 6.10. The van der Waals surface area contributed by atoms with Crippen LogP contribution >= 0.6 is 11.6 Å². The van der Waals surface area contributed by atoms with Crippen LogP contribution in [0.3, 0.4) is 0 Å². The third kappa shape index (κ3) is 2.65. The minimum absolute atomic E-state index is 0.582. The molecule has 94 valence electrons. The van der Waals surface area contributed by atoms with Crippen LogP contribution in [0.5, 0.6) is 0 Å². The maximum Gasteiger partial charge on any atom is 0.225 e. The lowest BCUT2D eigenvalue weighted by atomic mass is 10.0. The Kier molecular flexibility index (Phi) is 3.37. The summed E-state index contributed by atoms with van der Waals surface area (Å²) in [5, 5.41) is 8.80. The molecule has 1 aromatic heterocycles. The van der Waals surface area contributed by atoms with Crippen LogP contribution < -0.4 is 0 Å². The van der Waals surface area contributed by atoms with Gasteiger partial charge in [-0.2, -0.15) is 0 Å². The summed E-state index contributed by atoms with van der Waals surface area (Å²) in [5.74, 6) is 2.73. The molecule has 0 atom stereocenters. The van der Waals surface area contributed by atoms with Gasteiger partial charge in [-0.3, -0.25) is 0 Å². The highest BCUT2D eigenvalue weighted by atomic mass is 35.5. The van der Waals surface area contributed by atoms with Crippen LogP contribution in [0.15, 0.2) is 0 Å². The molecule has 0 saturated heterocycles. The van der Waals surface area contributed by atoms with Gasteiger partial charge in [0.15, 0.2) is 0 Å². The number of nitrogens with zero attached hydrogens (tertiary/aromatic N) is 3. The van der Waals surface area contributed by atoms with Crippen LogP contribution in [0.4, 0.5) is 0 Å². The van der Waals surface area contributed by atoms with Gasteiger partial charge in [0.2, 0.25) is 5.28 Å². The molecule has 3 rings (SSSR count). The molecule has 0 bridgehead atoms. The minimum Gasteiger partial charge on any atom is -0.302 e. The van der Waals surface area contributed by atoms with Crippen LogP contribution in [-0.2, 0) is 6.54 Å². The van der Waals surface area contributed by atoms with Crippen molar-refractivity contribution in [3.8, 4) is 0 Å². The van der Waals surface area contributed by atoms with Gasteiger partial charge in [-0.1, -0.05) is 25.7 Å². The van der Waals surface area contributed by atoms with Crippen LogP contribution in [0.25, 0.3) is 0 Å². The van der Waals surface area contributed by atoms with E-state index in [1.54, 1.807) is 0 Å². The zero-order valence-electron chi connectivity index (χ0n) is 10.2. The molecule has 17 heavy (non-hydrogen) atoms. The molecule has 2 aliphatic rings. The quantitative estimate of drug-likeness (QED) is 0.800. The lowest BCUT2D eigenvalue weighted by Gasteiger charge is -2.10. The predicted octanol–water partition coefficient (Wildman–Crippen LogP) is 3.78. The van der Waals surface area contributed by atoms with Crippen molar-refractivity contribution in [1.82, 2.24) is 14.8 Å². The van der Waals surface area contributed by atoms with Gasteiger partial charge in [0.25, 0.3) is 0 Å². The summed E-state index contributed by atoms with van der Waals surface area (Å²) in [5.41, 5.74) is 0. The minimum atomic E-state index is 0.582. The van der Waals surface area contributed by atoms with Gasteiger partial charge in [-0.25, -0.2) is 0 Å². The monoisotopic (exact) mass is 253 g/mol. The van der Waals surface area contributed by atoms with E-state index < -0.39 is 0 Å². The zero-order valence-corrected chi connectivity index (χ0v) is 11.0. The van der Waals surface area contributed by atoms with Crippen LogP contribution in [0, 0.1) is 5.92 Å². The largest absolute Gasteiger partial charge is 0.302 e. The van der Waals surface area contributed by atoms with Crippen molar-refractivity contribution in [2.24, 2.45) is 5.92 Å². The average Bonchev–Trinajstić information content (AvgIpc) is 2.91. The zero-order chi connectivity index (χ0) is 11.7. The van der Waals surface area contributed by atoms with Crippen LogP contribution in [0.1, 0.15) is 63.1 Å². The third-order valence-electron chi connectivity index (χ3n) is 4.15. The number of rotatable bonds is 5. The molecule has 1 aromatic rings. The van der Waals surface area contributed by atoms with Crippen molar-refractivity contribution in [2.75, 3.05) is 0 Å². The molecule has 2 fully saturated rings. The van der Waals surface area contributed by atoms with Gasteiger partial charge >= 0.3 is 0 Å². The molecule has 0 radical (unpaired) electrons. The summed E-state index contributed by atoms with van der Waals surface area (Å²) in [7, 11) is 0. The van der Waals surface area contributed by atoms with Crippen LogP contribution in [-0.4, -0.2) is 14.8 Å². The van der Waals surface area contributed by atoms with E-state index in [4.69, 9.17) is 11.6 Å². The second-order valence-electron chi connectivity index (χ2n) is 5.55. The summed E-state index contributed by atoms with van der Waals surface area (Å²) in [6.07, 6.45) is 10.8. The van der Waals surface area contributed by atoms with E-state index in [9.17, 15) is 0 Å². The predicted molar refractivity (Wildman–Crippen MR) is 68.2 cm³/mol. The van der Waals surface area contributed by atoms with Crippen molar-refractivity contribution in [3.05, 3.63) is 11.1 Å². The van der Waals surface area contributed by atoms with Crippen molar-refractivity contribution in [3.63, 3.8) is 0 Å². The first-order valence-corrected chi connectivity index (χ1v) is 7.31. The summed E-state index contributed by atoms with van der Waals surface area (Å²) in [6.45, 7) is 1.01. The van der Waals surface area contributed by atoms with E-state index in [1.807, 2.05) is 0 Å². The van der Waals surface area contributed by atoms with E-state index in [0.29, 0.717) is 11.2 Å². The molecule has 0 amide bonds. The van der Waals surface area contributed by atoms with Gasteiger partial charge in [0, 0.05) is 12.5 Å². The Labute approximate surface area is 108 Å². The number of aromatic nitrogens is 3. The maximum absolute atomic E-state index is 6.10. The molecule has 4 heteroatoms. The number of hydrogen-bond acceptors (Lipinski definition) is 2. The standard InChI is InChI=1S/C13H20ClN3/c14-13-16-15-12(11-7-8-11)17(13)9-3-6-10-4-1-2-5-10/h10-11H,1-9H2. The van der Waals surface area contributed by atoms with Crippen LogP contribution in [0.2, 0.25) is 5.28 Å². The molecule has 1 heterocycles. The lowest BCUT2D eigenvalue weighted by Crippen LogP contribution is -2.05. The Balaban J connectivity index is 1.54. The van der Waals surface area contributed by atoms with Crippen molar-refractivity contribution in [2.45, 2.75) is 63.8 Å². The topological polar surface area (TPSA) is 30.7 Å². The normalized spacial score (nSPS) is 21.2. The van der Waals surface area contributed by atoms with E-state index in [-0.39, 0.29) is 0 Å². The van der Waals surface area contributed by atoms with E-state index >= 15 is 0 Å². The Hall–Kier alpha value is -0.570. The summed E-state index contributed by atoms with van der Waals surface area (Å²) in [4.78, 5) is 0. The number of halogens is 1. The summed E-state index contributed by atoms with van der Waals surface area (Å²) in [6, 6.07) is 0. The Morgan fingerprint density at radius 2 is 1.88 bits per heavy atom. The second-order valence-corrected chi connectivity index (χ2v) is 5.88. The Morgan fingerprint density at radius 1 is 1.12 bits per heavy atom. The SMILES string of the molecule is Clc1nnc(C2CC2)n1CCCC1CCCC1. The van der Waals surface area contributed by atoms with Gasteiger partial charge in [0.1, 0.15) is 5.82 Å². The molecule has 3 nitrogen and oxygen atoms in total. The molecule has 0 aromatic carbocycles. The van der Waals surface area contributed by atoms with Crippen molar-refractivity contribution < 1.29 is 0 Å². The molecular weight excluding hydrogens is 234 g/mol. The van der Waals surface area contributed by atoms with Gasteiger partial charge in [0.05, 0.1) is 0 Å². The molecule has 0 aliphatic heterocycles. The van der Waals surface area contributed by atoms with E-state index in [0.717, 1.165) is 18.3 Å². The average molecular weight is 254 g/mol. The Morgan fingerprint density at radius 3 is 2.59 bits per heavy atom. The van der Waals surface area contributed by atoms with Crippen molar-refractivity contribution in [1.29, 1.82) is 0 Å². The van der Waals surface area contributed by atoms with Gasteiger partial charge in [-0.15, -0.1) is 10.2 Å². The molecule has 0 spiro atoms. The number of hydrogen-bond donors (Lipinski definition) is 0. The highest BCUT2D eigenvalue weighted by Crippen LogP contribution is 2.39. The van der Waals surface area contributed by atoms with E-state index in [2.05, 4.69) is 14.8 Å². The summed E-state index contributed by atoms with van der Waals surface area (Å²) < 4.78 is 2.13. The molecule has 0 N–H and O–H groups in total. The van der Waals surface area contributed by atoms with Crippen molar-refractivity contribution >= 4 is 11.6 Å². The molecular formula is C13H20ClN3. The third-order valence-corrected chi connectivity index (χ3v) is 4.43. The first-order valence-electron chi connectivity index (χ1n) is 6.93. The lowest BCUT2D eigenvalue weighted by molar-refractivity contribution is 0.454. The molecule has 2 saturated carbocycles. The van der Waals surface area contributed by atoms with E-state index in [1.165, 1.54) is 51.4 Å². The highest BCUT2D eigenvalue weighted by molar-refractivity contribution is 6.28. The first-order chi connectivity index (χ1) is 8.34. The molecule has 0 unspecified atom stereocenters. The fourth-order valence-electron chi connectivity index (χ4n) is 2.98. The fourth-order valence-corrected chi connectivity index (χ4v) is 3.19. The Bertz CT molecular complexity index is 378. The van der Waals surface area contributed by atoms with Gasteiger partial charge < -0.3 is 4.57 Å². The smallest absolute Gasteiger partial charge is 0.225 e.